The molecule has 0 aliphatic carbocycles. The third-order valence-electron chi connectivity index (χ3n) is 3.93. The number of oxazole rings is 1. The van der Waals surface area contributed by atoms with E-state index in [4.69, 9.17) is 23.4 Å². The Morgan fingerprint density at radius 1 is 0.667 bits per heavy atom. The molecule has 1 aromatic heterocycles. The molecule has 0 unspecified atom stereocenters. The Morgan fingerprint density at radius 2 is 1.12 bits per heavy atom. The molecule has 0 N–H and O–H groups in total. The van der Waals surface area contributed by atoms with Crippen LogP contribution in [0.25, 0.3) is 22.8 Å². The fourth-order valence-electron chi connectivity index (χ4n) is 2.85. The highest BCUT2D eigenvalue weighted by Gasteiger charge is 2.20. The van der Waals surface area contributed by atoms with Crippen LogP contribution in [0.2, 0.25) is 0 Å². The van der Waals surface area contributed by atoms with Crippen LogP contribution in [-0.2, 0) is 19.2 Å². The molecule has 1 heterocycles. The van der Waals surface area contributed by atoms with Crippen molar-refractivity contribution in [1.29, 1.82) is 0 Å². The first-order valence-corrected chi connectivity index (χ1v) is 9.60. The van der Waals surface area contributed by atoms with E-state index >= 15 is 0 Å². The fraction of sp³-hybridized carbons (Fsp3) is 0.174. The number of nitrogens with zero attached hydrogens (tertiary/aromatic N) is 1. The Morgan fingerprint density at radius 3 is 1.61 bits per heavy atom. The van der Waals surface area contributed by atoms with Crippen LogP contribution in [0.3, 0.4) is 0 Å². The lowest BCUT2D eigenvalue weighted by Gasteiger charge is -2.10. The SMILES string of the molecule is CC(=O)Oc1ccc(OC(C)=O)c(-c2cnc(-c3cc(OC(C)=O)ccc3OC(C)=O)o2)c1. The van der Waals surface area contributed by atoms with Crippen molar-refractivity contribution >= 4 is 23.9 Å². The zero-order valence-electron chi connectivity index (χ0n) is 18.2. The molecule has 10 heteroatoms. The van der Waals surface area contributed by atoms with Gasteiger partial charge in [0, 0.05) is 27.7 Å². The first kappa shape index (κ1) is 23.2. The largest absolute Gasteiger partial charge is 0.436 e. The smallest absolute Gasteiger partial charge is 0.308 e. The minimum absolute atomic E-state index is 0.0296. The van der Waals surface area contributed by atoms with E-state index in [0.717, 1.165) is 0 Å². The number of carbonyl (C=O) groups is 4. The molecule has 3 aromatic rings. The Kier molecular flexibility index (Phi) is 6.87. The van der Waals surface area contributed by atoms with E-state index in [1.54, 1.807) is 0 Å². The minimum atomic E-state index is -0.575. The molecule has 0 atom stereocenters. The van der Waals surface area contributed by atoms with Crippen molar-refractivity contribution in [2.24, 2.45) is 0 Å². The third kappa shape index (κ3) is 6.03. The van der Waals surface area contributed by atoms with Crippen LogP contribution in [-0.4, -0.2) is 28.9 Å². The van der Waals surface area contributed by atoms with Crippen LogP contribution < -0.4 is 18.9 Å². The van der Waals surface area contributed by atoms with Gasteiger partial charge in [0.2, 0.25) is 5.89 Å². The molecule has 0 spiro atoms. The maximum atomic E-state index is 11.5. The maximum absolute atomic E-state index is 11.5. The lowest BCUT2D eigenvalue weighted by Crippen LogP contribution is -2.05. The molecular weight excluding hydrogens is 434 g/mol. The highest BCUT2D eigenvalue weighted by atomic mass is 16.5. The molecule has 0 fully saturated rings. The summed E-state index contributed by atoms with van der Waals surface area (Å²) in [4.78, 5) is 49.9. The van der Waals surface area contributed by atoms with E-state index in [1.165, 1.54) is 70.3 Å². The van der Waals surface area contributed by atoms with Gasteiger partial charge in [-0.15, -0.1) is 0 Å². The van der Waals surface area contributed by atoms with Crippen LogP contribution in [0.15, 0.2) is 47.0 Å². The van der Waals surface area contributed by atoms with Crippen molar-refractivity contribution in [2.45, 2.75) is 27.7 Å². The Labute approximate surface area is 188 Å². The fourth-order valence-corrected chi connectivity index (χ4v) is 2.85. The van der Waals surface area contributed by atoms with Gasteiger partial charge in [-0.1, -0.05) is 0 Å². The maximum Gasteiger partial charge on any atom is 0.308 e. The van der Waals surface area contributed by atoms with E-state index < -0.39 is 23.9 Å². The van der Waals surface area contributed by atoms with Gasteiger partial charge < -0.3 is 23.4 Å². The summed E-state index contributed by atoms with van der Waals surface area (Å²) in [7, 11) is 0. The molecule has 33 heavy (non-hydrogen) atoms. The molecule has 0 saturated carbocycles. The van der Waals surface area contributed by atoms with Gasteiger partial charge in [-0.2, -0.15) is 0 Å². The predicted octanol–water partition coefficient (Wildman–Crippen LogP) is 3.71. The summed E-state index contributed by atoms with van der Waals surface area (Å²) in [6.07, 6.45) is 1.35. The minimum Gasteiger partial charge on any atom is -0.436 e. The number of esters is 4. The Balaban J connectivity index is 2.09. The number of benzene rings is 2. The molecule has 0 bridgehead atoms. The van der Waals surface area contributed by atoms with Crippen molar-refractivity contribution < 1.29 is 42.5 Å². The first-order chi connectivity index (χ1) is 15.6. The average Bonchev–Trinajstić information content (AvgIpc) is 3.18. The lowest BCUT2D eigenvalue weighted by molar-refractivity contribution is -0.133. The van der Waals surface area contributed by atoms with E-state index in [0.29, 0.717) is 0 Å². The Bertz CT molecular complexity index is 1150. The highest BCUT2D eigenvalue weighted by molar-refractivity contribution is 5.79. The average molecular weight is 453 g/mol. The molecule has 3 rings (SSSR count). The summed E-state index contributed by atoms with van der Waals surface area (Å²) in [5.41, 5.74) is 0.522. The zero-order valence-corrected chi connectivity index (χ0v) is 18.2. The summed E-state index contributed by atoms with van der Waals surface area (Å²) >= 11 is 0. The molecule has 10 nitrogen and oxygen atoms in total. The van der Waals surface area contributed by atoms with E-state index in [1.807, 2.05) is 0 Å². The number of hydrogen-bond donors (Lipinski definition) is 0. The molecule has 0 radical (unpaired) electrons. The number of carbonyl (C=O) groups excluding carboxylic acids is 4. The van der Waals surface area contributed by atoms with E-state index in [-0.39, 0.29) is 45.8 Å². The van der Waals surface area contributed by atoms with Gasteiger partial charge in [-0.05, 0) is 36.4 Å². The molecule has 0 saturated heterocycles. The normalized spacial score (nSPS) is 10.3. The van der Waals surface area contributed by atoms with Crippen molar-refractivity contribution in [2.75, 3.05) is 0 Å². The highest BCUT2D eigenvalue weighted by Crippen LogP contribution is 2.39. The number of hydrogen-bond acceptors (Lipinski definition) is 10. The molecule has 0 amide bonds. The zero-order chi connectivity index (χ0) is 24.1. The second kappa shape index (κ2) is 9.77. The first-order valence-electron chi connectivity index (χ1n) is 9.60. The summed E-state index contributed by atoms with van der Waals surface area (Å²) in [6, 6.07) is 8.67. The third-order valence-corrected chi connectivity index (χ3v) is 3.93. The predicted molar refractivity (Wildman–Crippen MR) is 113 cm³/mol. The van der Waals surface area contributed by atoms with E-state index in [9.17, 15) is 19.2 Å². The molecule has 0 aliphatic rings. The quantitative estimate of drug-likeness (QED) is 0.402. The van der Waals surface area contributed by atoms with Gasteiger partial charge in [-0.25, -0.2) is 4.98 Å². The van der Waals surface area contributed by atoms with Crippen LogP contribution in [0, 0.1) is 0 Å². The van der Waals surface area contributed by atoms with Crippen LogP contribution in [0.4, 0.5) is 0 Å². The summed E-state index contributed by atoms with van der Waals surface area (Å²) in [6.45, 7) is 4.96. The summed E-state index contributed by atoms with van der Waals surface area (Å²) in [5, 5.41) is 0. The molecule has 0 aliphatic heterocycles. The molecule has 170 valence electrons. The second-order valence-electron chi connectivity index (χ2n) is 6.72. The van der Waals surface area contributed by atoms with Crippen molar-refractivity contribution in [3.05, 3.63) is 42.6 Å². The molecule has 2 aromatic carbocycles. The topological polar surface area (TPSA) is 131 Å². The van der Waals surface area contributed by atoms with Crippen LogP contribution in [0.5, 0.6) is 23.0 Å². The van der Waals surface area contributed by atoms with Crippen molar-refractivity contribution in [3.8, 4) is 45.8 Å². The lowest BCUT2D eigenvalue weighted by atomic mass is 10.1. The number of aromatic nitrogens is 1. The summed E-state index contributed by atoms with van der Waals surface area (Å²) in [5.74, 6) is -1.36. The van der Waals surface area contributed by atoms with Gasteiger partial charge in [0.15, 0.2) is 5.76 Å². The summed E-state index contributed by atoms with van der Waals surface area (Å²) < 4.78 is 26.5. The van der Waals surface area contributed by atoms with Crippen molar-refractivity contribution in [1.82, 2.24) is 4.98 Å². The van der Waals surface area contributed by atoms with Gasteiger partial charge in [0.1, 0.15) is 23.0 Å². The van der Waals surface area contributed by atoms with Gasteiger partial charge >= 0.3 is 23.9 Å². The molecular formula is C23H19NO9. The number of rotatable bonds is 6. The van der Waals surface area contributed by atoms with Crippen LogP contribution >= 0.6 is 0 Å². The van der Waals surface area contributed by atoms with Gasteiger partial charge in [0.05, 0.1) is 17.3 Å². The van der Waals surface area contributed by atoms with Crippen LogP contribution in [0.1, 0.15) is 27.7 Å². The van der Waals surface area contributed by atoms with Gasteiger partial charge in [0.25, 0.3) is 0 Å². The van der Waals surface area contributed by atoms with E-state index in [2.05, 4.69) is 4.98 Å². The Hall–Kier alpha value is -4.47. The van der Waals surface area contributed by atoms with Crippen molar-refractivity contribution in [3.63, 3.8) is 0 Å². The monoisotopic (exact) mass is 453 g/mol. The number of ether oxygens (including phenoxy) is 4. The van der Waals surface area contributed by atoms with Gasteiger partial charge in [-0.3, -0.25) is 19.2 Å². The standard InChI is InChI=1S/C23H19NO9/c1-12(25)29-16-5-7-20(31-14(3)27)18(9-16)22-11-24-23(33-22)19-10-17(30-13(2)26)6-8-21(19)32-15(4)28/h5-11H,1-4H3. The second-order valence-corrected chi connectivity index (χ2v) is 6.72.